The molecule has 1 unspecified atom stereocenters. The first-order valence-electron chi connectivity index (χ1n) is 9.13. The third-order valence-electron chi connectivity index (χ3n) is 5.20. The van der Waals surface area contributed by atoms with E-state index in [2.05, 4.69) is 18.4 Å². The summed E-state index contributed by atoms with van der Waals surface area (Å²) in [5, 5.41) is 2.57. The molecule has 2 heterocycles. The summed E-state index contributed by atoms with van der Waals surface area (Å²) in [5.74, 6) is -1.59. The molecule has 2 saturated heterocycles. The first-order valence-corrected chi connectivity index (χ1v) is 12.5. The highest BCUT2D eigenvalue weighted by Gasteiger charge is 2.34. The van der Waals surface area contributed by atoms with E-state index in [0.717, 1.165) is 12.1 Å². The molecule has 148 valence electrons. The molecule has 3 rings (SSSR count). The van der Waals surface area contributed by atoms with Gasteiger partial charge in [-0.25, -0.2) is 13.6 Å². The summed E-state index contributed by atoms with van der Waals surface area (Å²) in [4.78, 5) is 26.0. The standard InChI is InChI=1S/C18H25F2N3O3Si/c1-12(24)21-10-14-11-23(18(25)26-14)13-8-15(19)17(16(20)9-13)22-4-6-27(2,3)7-5-22/h8-9,14H,4-7,10-11H2,1-3H3,(H,21,24). The van der Waals surface area contributed by atoms with Gasteiger partial charge in [0.25, 0.3) is 0 Å². The lowest BCUT2D eigenvalue weighted by Gasteiger charge is -2.37. The zero-order valence-electron chi connectivity index (χ0n) is 15.8. The molecule has 0 bridgehead atoms. The topological polar surface area (TPSA) is 61.9 Å². The molecule has 0 spiro atoms. The minimum Gasteiger partial charge on any atom is -0.442 e. The molecule has 0 radical (unpaired) electrons. The van der Waals surface area contributed by atoms with Crippen molar-refractivity contribution in [2.24, 2.45) is 0 Å². The molecular weight excluding hydrogens is 372 g/mol. The second-order valence-electron chi connectivity index (χ2n) is 7.96. The van der Waals surface area contributed by atoms with Crippen molar-refractivity contribution in [1.29, 1.82) is 0 Å². The van der Waals surface area contributed by atoms with Gasteiger partial charge >= 0.3 is 6.09 Å². The first-order chi connectivity index (χ1) is 12.7. The van der Waals surface area contributed by atoms with Crippen LogP contribution < -0.4 is 15.1 Å². The van der Waals surface area contributed by atoms with Gasteiger partial charge in [-0.1, -0.05) is 13.1 Å². The third kappa shape index (κ3) is 4.40. The van der Waals surface area contributed by atoms with Crippen LogP contribution in [-0.4, -0.2) is 52.4 Å². The molecule has 2 amide bonds. The number of ether oxygens (including phenoxy) is 1. The van der Waals surface area contributed by atoms with Crippen molar-refractivity contribution in [3.8, 4) is 0 Å². The van der Waals surface area contributed by atoms with Gasteiger partial charge in [0, 0.05) is 32.1 Å². The van der Waals surface area contributed by atoms with Crippen molar-refractivity contribution in [1.82, 2.24) is 5.32 Å². The SMILES string of the molecule is CC(=O)NCC1CN(c2cc(F)c(N3CC[Si](C)(C)CC3)c(F)c2)C(=O)O1. The van der Waals surface area contributed by atoms with Crippen LogP contribution in [0.15, 0.2) is 12.1 Å². The maximum Gasteiger partial charge on any atom is 0.414 e. The predicted molar refractivity (Wildman–Crippen MR) is 102 cm³/mol. The summed E-state index contributed by atoms with van der Waals surface area (Å²) in [6.07, 6.45) is -1.23. The Labute approximate surface area is 158 Å². The molecule has 1 N–H and O–H groups in total. The zero-order chi connectivity index (χ0) is 19.8. The van der Waals surface area contributed by atoms with E-state index in [1.54, 1.807) is 4.90 Å². The van der Waals surface area contributed by atoms with Crippen LogP contribution in [0.1, 0.15) is 6.92 Å². The maximum atomic E-state index is 14.7. The zero-order valence-corrected chi connectivity index (χ0v) is 16.8. The fourth-order valence-electron chi connectivity index (χ4n) is 3.44. The van der Waals surface area contributed by atoms with E-state index < -0.39 is 31.9 Å². The number of carbonyl (C=O) groups is 2. The van der Waals surface area contributed by atoms with Gasteiger partial charge in [0.2, 0.25) is 5.91 Å². The van der Waals surface area contributed by atoms with Crippen molar-refractivity contribution in [3.05, 3.63) is 23.8 Å². The summed E-state index contributed by atoms with van der Waals surface area (Å²) in [5.41, 5.74) is 0.0985. The summed E-state index contributed by atoms with van der Waals surface area (Å²) in [6.45, 7) is 7.53. The average molecular weight is 397 g/mol. The van der Waals surface area contributed by atoms with Gasteiger partial charge in [0.15, 0.2) is 11.6 Å². The number of hydrogen-bond donors (Lipinski definition) is 1. The van der Waals surface area contributed by atoms with Gasteiger partial charge in [0.1, 0.15) is 11.8 Å². The minimum atomic E-state index is -1.25. The molecule has 6 nitrogen and oxygen atoms in total. The van der Waals surface area contributed by atoms with Gasteiger partial charge in [-0.3, -0.25) is 9.69 Å². The lowest BCUT2D eigenvalue weighted by atomic mass is 10.2. The Balaban J connectivity index is 1.75. The lowest BCUT2D eigenvalue weighted by Crippen LogP contribution is -2.43. The second-order valence-corrected chi connectivity index (χ2v) is 13.3. The normalized spacial score (nSPS) is 22.0. The number of benzene rings is 1. The number of hydrogen-bond acceptors (Lipinski definition) is 4. The average Bonchev–Trinajstić information content (AvgIpc) is 2.94. The molecule has 0 aromatic heterocycles. The van der Waals surface area contributed by atoms with E-state index in [9.17, 15) is 18.4 Å². The van der Waals surface area contributed by atoms with Crippen molar-refractivity contribution < 1.29 is 23.1 Å². The van der Waals surface area contributed by atoms with Gasteiger partial charge in [0.05, 0.1) is 26.9 Å². The summed E-state index contributed by atoms with van der Waals surface area (Å²) in [7, 11) is -1.25. The molecular formula is C18H25F2N3O3Si. The van der Waals surface area contributed by atoms with Crippen LogP contribution in [0.4, 0.5) is 25.0 Å². The van der Waals surface area contributed by atoms with E-state index in [4.69, 9.17) is 4.74 Å². The van der Waals surface area contributed by atoms with Crippen LogP contribution in [0.2, 0.25) is 25.2 Å². The van der Waals surface area contributed by atoms with E-state index in [0.29, 0.717) is 13.1 Å². The molecule has 2 fully saturated rings. The number of anilines is 2. The van der Waals surface area contributed by atoms with Crippen LogP contribution >= 0.6 is 0 Å². The fourth-order valence-corrected chi connectivity index (χ4v) is 5.44. The molecule has 27 heavy (non-hydrogen) atoms. The number of nitrogens with zero attached hydrogens (tertiary/aromatic N) is 2. The number of rotatable bonds is 4. The number of amides is 2. The Morgan fingerprint density at radius 2 is 1.85 bits per heavy atom. The van der Waals surface area contributed by atoms with Gasteiger partial charge in [-0.05, 0) is 12.1 Å². The molecule has 9 heteroatoms. The highest BCUT2D eigenvalue weighted by atomic mass is 28.3. The van der Waals surface area contributed by atoms with E-state index in [-0.39, 0.29) is 30.4 Å². The molecule has 1 aromatic rings. The minimum absolute atomic E-state index is 0.0226. The molecule has 1 atom stereocenters. The van der Waals surface area contributed by atoms with Crippen molar-refractivity contribution in [3.63, 3.8) is 0 Å². The lowest BCUT2D eigenvalue weighted by molar-refractivity contribution is -0.119. The Morgan fingerprint density at radius 1 is 1.26 bits per heavy atom. The second kappa shape index (κ2) is 7.45. The van der Waals surface area contributed by atoms with Crippen LogP contribution in [-0.2, 0) is 9.53 Å². The first kappa shape index (κ1) is 19.6. The van der Waals surface area contributed by atoms with Crippen molar-refractivity contribution >= 4 is 31.4 Å². The monoisotopic (exact) mass is 397 g/mol. The van der Waals surface area contributed by atoms with Gasteiger partial charge in [-0.2, -0.15) is 0 Å². The third-order valence-corrected chi connectivity index (χ3v) is 8.35. The number of cyclic esters (lactones) is 1. The maximum absolute atomic E-state index is 14.7. The Morgan fingerprint density at radius 3 is 2.41 bits per heavy atom. The number of carbonyl (C=O) groups excluding carboxylic acids is 2. The van der Waals surface area contributed by atoms with E-state index >= 15 is 0 Å². The fraction of sp³-hybridized carbons (Fsp3) is 0.556. The summed E-state index contributed by atoms with van der Waals surface area (Å²) in [6, 6.07) is 4.35. The van der Waals surface area contributed by atoms with Crippen LogP contribution in [0, 0.1) is 11.6 Å². The Hall–Kier alpha value is -2.16. The molecule has 0 saturated carbocycles. The van der Waals surface area contributed by atoms with E-state index in [1.165, 1.54) is 24.0 Å². The van der Waals surface area contributed by atoms with Crippen molar-refractivity contribution in [2.75, 3.05) is 36.0 Å². The summed E-state index contributed by atoms with van der Waals surface area (Å²) >= 11 is 0. The Bertz CT molecular complexity index is 726. The Kier molecular flexibility index (Phi) is 5.41. The van der Waals surface area contributed by atoms with Gasteiger partial charge < -0.3 is 15.0 Å². The molecule has 2 aliphatic rings. The van der Waals surface area contributed by atoms with E-state index in [1.807, 2.05) is 0 Å². The van der Waals surface area contributed by atoms with Crippen molar-refractivity contribution in [2.45, 2.75) is 38.2 Å². The quantitative estimate of drug-likeness (QED) is 0.794. The highest BCUT2D eigenvalue weighted by Crippen LogP contribution is 2.34. The molecule has 0 aliphatic carbocycles. The number of halogens is 2. The molecule has 2 aliphatic heterocycles. The highest BCUT2D eigenvalue weighted by molar-refractivity contribution is 6.77. The van der Waals surface area contributed by atoms with Crippen LogP contribution in [0.5, 0.6) is 0 Å². The largest absolute Gasteiger partial charge is 0.442 e. The smallest absolute Gasteiger partial charge is 0.414 e. The summed E-state index contributed by atoms with van der Waals surface area (Å²) < 4.78 is 34.6. The van der Waals surface area contributed by atoms with Crippen LogP contribution in [0.25, 0.3) is 0 Å². The number of nitrogens with one attached hydrogen (secondary N) is 1. The molecule has 1 aromatic carbocycles. The predicted octanol–water partition coefficient (Wildman–Crippen LogP) is 2.95. The van der Waals surface area contributed by atoms with Crippen LogP contribution in [0.3, 0.4) is 0 Å². The van der Waals surface area contributed by atoms with Gasteiger partial charge in [-0.15, -0.1) is 0 Å².